The highest BCUT2D eigenvalue weighted by atomic mass is 32.1. The van der Waals surface area contributed by atoms with Crippen LogP contribution in [0.15, 0.2) is 0 Å². The van der Waals surface area contributed by atoms with E-state index in [1.165, 1.54) is 7.11 Å². The van der Waals surface area contributed by atoms with Crippen molar-refractivity contribution in [2.45, 2.75) is 18.9 Å². The lowest BCUT2D eigenvalue weighted by Gasteiger charge is -2.19. The summed E-state index contributed by atoms with van der Waals surface area (Å²) in [5, 5.41) is 10.6. The van der Waals surface area contributed by atoms with Crippen molar-refractivity contribution in [3.8, 4) is 0 Å². The van der Waals surface area contributed by atoms with E-state index < -0.39 is 11.6 Å². The fourth-order valence-corrected chi connectivity index (χ4v) is 2.75. The molecule has 0 bridgehead atoms. The second-order valence-electron chi connectivity index (χ2n) is 4.41. The van der Waals surface area contributed by atoms with Crippen molar-refractivity contribution < 1.29 is 14.6 Å². The molecule has 3 N–H and O–H groups in total. The highest BCUT2D eigenvalue weighted by molar-refractivity contribution is 7.11. The Labute approximate surface area is 103 Å². The normalized spacial score (nSPS) is 24.1. The van der Waals surface area contributed by atoms with Crippen molar-refractivity contribution in [2.24, 2.45) is 0 Å². The van der Waals surface area contributed by atoms with Gasteiger partial charge < -0.3 is 20.5 Å². The monoisotopic (exact) mass is 257 g/mol. The number of nitrogen functional groups attached to an aromatic ring is 1. The number of methoxy groups -OCH3 is 1. The molecule has 6 nitrogen and oxygen atoms in total. The van der Waals surface area contributed by atoms with Crippen molar-refractivity contribution in [2.75, 3.05) is 30.8 Å². The van der Waals surface area contributed by atoms with E-state index in [0.717, 1.165) is 11.5 Å². The summed E-state index contributed by atoms with van der Waals surface area (Å²) in [7, 11) is 1.31. The van der Waals surface area contributed by atoms with Crippen LogP contribution in [0.4, 0.5) is 10.8 Å². The average Bonchev–Trinajstić information content (AvgIpc) is 2.80. The Bertz CT molecular complexity index is 444. The van der Waals surface area contributed by atoms with Crippen molar-refractivity contribution in [3.05, 3.63) is 5.56 Å². The van der Waals surface area contributed by atoms with E-state index in [1.807, 2.05) is 4.90 Å². The number of carbonyl (C=O) groups excluding carboxylic acids is 1. The van der Waals surface area contributed by atoms with Crippen LogP contribution in [0.3, 0.4) is 0 Å². The van der Waals surface area contributed by atoms with Crippen molar-refractivity contribution >= 4 is 28.3 Å². The van der Waals surface area contributed by atoms with Crippen LogP contribution in [0.2, 0.25) is 0 Å². The Balaban J connectivity index is 2.31. The van der Waals surface area contributed by atoms with Gasteiger partial charge in [0.25, 0.3) is 0 Å². The molecule has 1 atom stereocenters. The van der Waals surface area contributed by atoms with Crippen LogP contribution in [0.5, 0.6) is 0 Å². The van der Waals surface area contributed by atoms with Gasteiger partial charge in [-0.2, -0.15) is 4.37 Å². The average molecular weight is 257 g/mol. The van der Waals surface area contributed by atoms with Gasteiger partial charge in [-0.3, -0.25) is 0 Å². The first-order chi connectivity index (χ1) is 7.94. The summed E-state index contributed by atoms with van der Waals surface area (Å²) in [6.07, 6.45) is 0.658. The van der Waals surface area contributed by atoms with Crippen molar-refractivity contribution in [1.29, 1.82) is 0 Å². The van der Waals surface area contributed by atoms with Crippen LogP contribution in [-0.2, 0) is 4.74 Å². The van der Waals surface area contributed by atoms with Gasteiger partial charge in [0.05, 0.1) is 12.7 Å². The number of nitrogens with two attached hydrogens (primary N) is 1. The Morgan fingerprint density at radius 2 is 2.41 bits per heavy atom. The Kier molecular flexibility index (Phi) is 2.96. The summed E-state index contributed by atoms with van der Waals surface area (Å²) in [6.45, 7) is 2.92. The van der Waals surface area contributed by atoms with Crippen molar-refractivity contribution in [1.82, 2.24) is 4.37 Å². The first kappa shape index (κ1) is 12.1. The molecular weight excluding hydrogens is 242 g/mol. The molecule has 17 heavy (non-hydrogen) atoms. The summed E-state index contributed by atoms with van der Waals surface area (Å²) >= 11 is 1.16. The number of hydrogen-bond donors (Lipinski definition) is 2. The molecule has 1 fully saturated rings. The van der Waals surface area contributed by atoms with Crippen LogP contribution >= 0.6 is 11.5 Å². The molecule has 0 amide bonds. The zero-order chi connectivity index (χ0) is 12.6. The van der Waals surface area contributed by atoms with Crippen LogP contribution < -0.4 is 10.6 Å². The standard InChI is InChI=1S/C10H15N3O3S/c1-10(15)3-4-13(5-10)8-6(9(14)16-2)7(11)12-17-8/h15H,3-5H2,1-2H3,(H2,11,12). The van der Waals surface area contributed by atoms with Crippen LogP contribution in [-0.4, -0.2) is 41.2 Å². The number of hydrogen-bond acceptors (Lipinski definition) is 7. The number of esters is 1. The maximum atomic E-state index is 11.6. The fraction of sp³-hybridized carbons (Fsp3) is 0.600. The maximum Gasteiger partial charge on any atom is 0.344 e. The molecule has 1 saturated heterocycles. The molecule has 1 aromatic heterocycles. The molecule has 1 aliphatic rings. The first-order valence-electron chi connectivity index (χ1n) is 5.25. The van der Waals surface area contributed by atoms with E-state index in [-0.39, 0.29) is 5.82 Å². The minimum absolute atomic E-state index is 0.184. The van der Waals surface area contributed by atoms with Crippen LogP contribution in [0, 0.1) is 0 Å². The fourth-order valence-electron chi connectivity index (χ4n) is 1.92. The summed E-state index contributed by atoms with van der Waals surface area (Å²) in [4.78, 5) is 13.5. The first-order valence-corrected chi connectivity index (χ1v) is 6.03. The smallest absolute Gasteiger partial charge is 0.344 e. The molecule has 0 spiro atoms. The van der Waals surface area contributed by atoms with Gasteiger partial charge >= 0.3 is 5.97 Å². The van der Waals surface area contributed by atoms with E-state index in [4.69, 9.17) is 5.73 Å². The third-order valence-corrected chi connectivity index (χ3v) is 3.75. The molecule has 0 radical (unpaired) electrons. The zero-order valence-corrected chi connectivity index (χ0v) is 10.6. The number of nitrogens with zero attached hydrogens (tertiary/aromatic N) is 2. The minimum Gasteiger partial charge on any atom is -0.465 e. The number of rotatable bonds is 2. The van der Waals surface area contributed by atoms with E-state index in [9.17, 15) is 9.90 Å². The lowest BCUT2D eigenvalue weighted by molar-refractivity contribution is 0.0602. The molecule has 2 rings (SSSR count). The molecule has 1 aliphatic heterocycles. The van der Waals surface area contributed by atoms with Gasteiger partial charge in [-0.1, -0.05) is 0 Å². The number of ether oxygens (including phenoxy) is 1. The van der Waals surface area contributed by atoms with Gasteiger partial charge in [0.15, 0.2) is 5.82 Å². The lowest BCUT2D eigenvalue weighted by Crippen LogP contribution is -2.29. The van der Waals surface area contributed by atoms with E-state index in [0.29, 0.717) is 30.1 Å². The molecule has 2 heterocycles. The molecule has 0 aromatic carbocycles. The maximum absolute atomic E-state index is 11.6. The van der Waals surface area contributed by atoms with E-state index in [1.54, 1.807) is 6.92 Å². The Hall–Kier alpha value is -1.34. The molecular formula is C10H15N3O3S. The minimum atomic E-state index is -0.730. The number of aliphatic hydroxyl groups is 1. The summed E-state index contributed by atoms with van der Waals surface area (Å²) in [5.74, 6) is -0.304. The molecule has 1 unspecified atom stereocenters. The predicted molar refractivity (Wildman–Crippen MR) is 65.3 cm³/mol. The van der Waals surface area contributed by atoms with E-state index in [2.05, 4.69) is 9.11 Å². The zero-order valence-electron chi connectivity index (χ0n) is 9.77. The van der Waals surface area contributed by atoms with Gasteiger partial charge in [-0.15, -0.1) is 0 Å². The van der Waals surface area contributed by atoms with E-state index >= 15 is 0 Å². The van der Waals surface area contributed by atoms with Gasteiger partial charge in [-0.05, 0) is 24.9 Å². The second-order valence-corrected chi connectivity index (χ2v) is 5.16. The summed E-state index contributed by atoms with van der Waals surface area (Å²) in [6, 6.07) is 0. The Morgan fingerprint density at radius 3 is 2.94 bits per heavy atom. The van der Waals surface area contributed by atoms with Crippen LogP contribution in [0.25, 0.3) is 0 Å². The summed E-state index contributed by atoms with van der Waals surface area (Å²) < 4.78 is 8.66. The second kappa shape index (κ2) is 4.15. The number of anilines is 2. The molecule has 1 aromatic rings. The largest absolute Gasteiger partial charge is 0.465 e. The number of carbonyl (C=O) groups is 1. The third kappa shape index (κ3) is 2.20. The van der Waals surface area contributed by atoms with Gasteiger partial charge in [0.2, 0.25) is 0 Å². The number of β-amino-alcohol motifs (C(OH)–C–C–N with tert-alkyl or cyclic N) is 1. The predicted octanol–water partition coefficient (Wildman–Crippen LogP) is 0.473. The molecule has 0 saturated carbocycles. The molecule has 7 heteroatoms. The lowest BCUT2D eigenvalue weighted by atomic mass is 10.1. The van der Waals surface area contributed by atoms with Crippen LogP contribution in [0.1, 0.15) is 23.7 Å². The van der Waals surface area contributed by atoms with Gasteiger partial charge in [0, 0.05) is 13.1 Å². The number of aromatic nitrogens is 1. The van der Waals surface area contributed by atoms with Crippen molar-refractivity contribution in [3.63, 3.8) is 0 Å². The summed E-state index contributed by atoms with van der Waals surface area (Å²) in [5.41, 5.74) is 5.23. The highest BCUT2D eigenvalue weighted by Gasteiger charge is 2.35. The third-order valence-electron chi connectivity index (χ3n) is 2.83. The van der Waals surface area contributed by atoms with Gasteiger partial charge in [-0.25, -0.2) is 4.79 Å². The quantitative estimate of drug-likeness (QED) is 0.749. The SMILES string of the molecule is COC(=O)c1c(N)nsc1N1CCC(C)(O)C1. The molecule has 94 valence electrons. The van der Waals surface area contributed by atoms with Gasteiger partial charge in [0.1, 0.15) is 10.6 Å². The Morgan fingerprint density at radius 1 is 1.71 bits per heavy atom. The molecule has 0 aliphatic carbocycles. The topological polar surface area (TPSA) is 88.7 Å². The highest BCUT2D eigenvalue weighted by Crippen LogP contribution is 2.35.